The third-order valence-electron chi connectivity index (χ3n) is 5.76. The molecule has 1 heterocycles. The molecule has 1 aliphatic heterocycles. The normalized spacial score (nSPS) is 37.0. The minimum Gasteiger partial charge on any atom is -0.339 e. The Labute approximate surface area is 128 Å². The monoisotopic (exact) mass is 313 g/mol. The fourth-order valence-electron chi connectivity index (χ4n) is 4.74. The van der Waals surface area contributed by atoms with Gasteiger partial charge in [0.05, 0.1) is 11.5 Å². The number of hydrogen-bond acceptors (Lipinski definition) is 3. The first-order valence-electron chi connectivity index (χ1n) is 8.48. The molecular formula is C16H27NO3S. The van der Waals surface area contributed by atoms with E-state index < -0.39 is 9.84 Å². The Hall–Kier alpha value is -0.580. The number of sulfone groups is 1. The average Bonchev–Trinajstić information content (AvgIpc) is 3.11. The van der Waals surface area contributed by atoms with Gasteiger partial charge in [-0.25, -0.2) is 8.42 Å². The topological polar surface area (TPSA) is 54.5 Å². The number of rotatable bonds is 5. The van der Waals surface area contributed by atoms with Crippen molar-refractivity contribution >= 4 is 15.7 Å². The van der Waals surface area contributed by atoms with Crippen molar-refractivity contribution in [3.05, 3.63) is 0 Å². The highest BCUT2D eigenvalue weighted by Crippen LogP contribution is 2.49. The molecule has 120 valence electrons. The Balaban J connectivity index is 1.62. The van der Waals surface area contributed by atoms with Crippen LogP contribution in [0.5, 0.6) is 0 Å². The van der Waals surface area contributed by atoms with Gasteiger partial charge in [-0.05, 0) is 49.9 Å². The Morgan fingerprint density at radius 2 is 2.00 bits per heavy atom. The third-order valence-corrected chi connectivity index (χ3v) is 7.51. The second kappa shape index (κ2) is 5.90. The lowest BCUT2D eigenvalue weighted by Gasteiger charge is -2.30. The van der Waals surface area contributed by atoms with Crippen molar-refractivity contribution < 1.29 is 13.2 Å². The minimum atomic E-state index is -2.92. The van der Waals surface area contributed by atoms with Gasteiger partial charge in [0.1, 0.15) is 0 Å². The maximum atomic E-state index is 12.7. The fourth-order valence-corrected chi connectivity index (χ4v) is 6.47. The second-order valence-corrected chi connectivity index (χ2v) is 9.51. The molecule has 0 N–H and O–H groups in total. The fraction of sp³-hybridized carbons (Fsp3) is 0.938. The molecule has 0 aromatic heterocycles. The van der Waals surface area contributed by atoms with Crippen LogP contribution in [0.4, 0.5) is 0 Å². The Kier molecular flexibility index (Phi) is 4.30. The molecule has 0 aromatic rings. The van der Waals surface area contributed by atoms with Crippen LogP contribution in [-0.2, 0) is 14.6 Å². The van der Waals surface area contributed by atoms with Crippen LogP contribution in [0.1, 0.15) is 51.9 Å². The van der Waals surface area contributed by atoms with Gasteiger partial charge in [0.15, 0.2) is 9.84 Å². The molecule has 2 aliphatic carbocycles. The quantitative estimate of drug-likeness (QED) is 0.782. The van der Waals surface area contributed by atoms with Crippen molar-refractivity contribution in [2.75, 3.05) is 18.1 Å². The van der Waals surface area contributed by atoms with E-state index in [4.69, 9.17) is 0 Å². The van der Waals surface area contributed by atoms with Crippen LogP contribution in [0.3, 0.4) is 0 Å². The average molecular weight is 313 g/mol. The second-order valence-electron chi connectivity index (χ2n) is 7.28. The summed E-state index contributed by atoms with van der Waals surface area (Å²) in [4.78, 5) is 14.6. The number of carbonyl (C=O) groups excluding carboxylic acids is 1. The van der Waals surface area contributed by atoms with Crippen LogP contribution >= 0.6 is 0 Å². The molecule has 0 radical (unpaired) electrons. The van der Waals surface area contributed by atoms with Crippen LogP contribution in [0, 0.1) is 17.8 Å². The summed E-state index contributed by atoms with van der Waals surface area (Å²) >= 11 is 0. The molecule has 3 rings (SSSR count). The lowest BCUT2D eigenvalue weighted by molar-refractivity contribution is -0.134. The summed E-state index contributed by atoms with van der Waals surface area (Å²) in [6.45, 7) is 2.76. The predicted molar refractivity (Wildman–Crippen MR) is 82.6 cm³/mol. The zero-order valence-electron chi connectivity index (χ0n) is 13.0. The van der Waals surface area contributed by atoms with E-state index in [1.54, 1.807) is 0 Å². The highest BCUT2D eigenvalue weighted by molar-refractivity contribution is 7.91. The van der Waals surface area contributed by atoms with Gasteiger partial charge < -0.3 is 4.90 Å². The van der Waals surface area contributed by atoms with Crippen LogP contribution in [0.25, 0.3) is 0 Å². The molecular weight excluding hydrogens is 286 g/mol. The summed E-state index contributed by atoms with van der Waals surface area (Å²) in [5.74, 6) is 2.81. The number of fused-ring (bicyclic) bond motifs is 2. The van der Waals surface area contributed by atoms with Crippen molar-refractivity contribution in [3.63, 3.8) is 0 Å². The number of hydrogen-bond donors (Lipinski definition) is 0. The smallest absolute Gasteiger partial charge is 0.223 e. The van der Waals surface area contributed by atoms with Crippen LogP contribution in [-0.4, -0.2) is 43.3 Å². The summed E-state index contributed by atoms with van der Waals surface area (Å²) < 4.78 is 23.4. The van der Waals surface area contributed by atoms with Crippen molar-refractivity contribution in [2.24, 2.45) is 17.8 Å². The van der Waals surface area contributed by atoms with Gasteiger partial charge in [0, 0.05) is 19.0 Å². The highest BCUT2D eigenvalue weighted by atomic mass is 32.2. The van der Waals surface area contributed by atoms with Gasteiger partial charge in [-0.2, -0.15) is 0 Å². The summed E-state index contributed by atoms with van der Waals surface area (Å²) in [7, 11) is -2.92. The van der Waals surface area contributed by atoms with E-state index in [0.29, 0.717) is 25.3 Å². The molecule has 3 aliphatic rings. The molecule has 2 bridgehead atoms. The molecule has 0 aromatic carbocycles. The van der Waals surface area contributed by atoms with E-state index in [9.17, 15) is 13.2 Å². The molecule has 4 atom stereocenters. The van der Waals surface area contributed by atoms with E-state index in [1.807, 2.05) is 4.90 Å². The summed E-state index contributed by atoms with van der Waals surface area (Å²) in [6, 6.07) is -0.0685. The van der Waals surface area contributed by atoms with Gasteiger partial charge >= 0.3 is 0 Å². The van der Waals surface area contributed by atoms with Crippen molar-refractivity contribution in [2.45, 2.75) is 57.9 Å². The lowest BCUT2D eigenvalue weighted by Crippen LogP contribution is -2.42. The third kappa shape index (κ3) is 3.27. The Morgan fingerprint density at radius 3 is 2.52 bits per heavy atom. The first kappa shape index (κ1) is 15.3. The van der Waals surface area contributed by atoms with Gasteiger partial charge in [-0.15, -0.1) is 0 Å². The predicted octanol–water partition coefficient (Wildman–Crippen LogP) is 2.24. The molecule has 1 saturated heterocycles. The van der Waals surface area contributed by atoms with Crippen molar-refractivity contribution in [1.82, 2.24) is 4.90 Å². The van der Waals surface area contributed by atoms with Crippen LogP contribution < -0.4 is 0 Å². The molecule has 5 heteroatoms. The van der Waals surface area contributed by atoms with Gasteiger partial charge in [-0.3, -0.25) is 4.79 Å². The molecule has 4 nitrogen and oxygen atoms in total. The van der Waals surface area contributed by atoms with E-state index in [1.165, 1.54) is 25.7 Å². The number of nitrogens with zero attached hydrogens (tertiary/aromatic N) is 1. The Morgan fingerprint density at radius 1 is 1.19 bits per heavy atom. The maximum Gasteiger partial charge on any atom is 0.223 e. The molecule has 0 unspecified atom stereocenters. The van der Waals surface area contributed by atoms with Gasteiger partial charge in [-0.1, -0.05) is 13.3 Å². The zero-order valence-corrected chi connectivity index (χ0v) is 13.8. The highest BCUT2D eigenvalue weighted by Gasteiger charge is 2.42. The van der Waals surface area contributed by atoms with E-state index in [0.717, 1.165) is 18.3 Å². The summed E-state index contributed by atoms with van der Waals surface area (Å²) in [5.41, 5.74) is 0. The molecule has 1 amide bonds. The van der Waals surface area contributed by atoms with Gasteiger partial charge in [0.25, 0.3) is 0 Å². The number of amides is 1. The van der Waals surface area contributed by atoms with E-state index >= 15 is 0 Å². The Bertz CT molecular complexity index is 502. The first-order chi connectivity index (χ1) is 9.98. The van der Waals surface area contributed by atoms with E-state index in [-0.39, 0.29) is 23.5 Å². The molecule has 21 heavy (non-hydrogen) atoms. The van der Waals surface area contributed by atoms with Crippen molar-refractivity contribution in [1.29, 1.82) is 0 Å². The lowest BCUT2D eigenvalue weighted by atomic mass is 9.86. The van der Waals surface area contributed by atoms with Crippen LogP contribution in [0.15, 0.2) is 0 Å². The van der Waals surface area contributed by atoms with Gasteiger partial charge in [0.2, 0.25) is 5.91 Å². The molecule has 2 saturated carbocycles. The first-order valence-corrected chi connectivity index (χ1v) is 10.3. The number of carbonyl (C=O) groups is 1. The largest absolute Gasteiger partial charge is 0.339 e. The minimum absolute atomic E-state index is 0.0685. The zero-order chi connectivity index (χ0) is 15.0. The van der Waals surface area contributed by atoms with Crippen molar-refractivity contribution in [3.8, 4) is 0 Å². The SMILES string of the molecule is CCCN(C(=O)C[C@H]1C[C@H]2CC[C@H]1C2)[C@@H]1CCS(=O)(=O)C1. The van der Waals surface area contributed by atoms with E-state index in [2.05, 4.69) is 6.92 Å². The molecule has 3 fully saturated rings. The standard InChI is InChI=1S/C16H27NO3S/c1-2-6-17(15-5-7-21(19,20)11-15)16(18)10-14-9-12-3-4-13(14)8-12/h12-15H,2-11H2,1H3/t12-,13-,14+,15+/m0/s1. The maximum absolute atomic E-state index is 12.7. The molecule has 0 spiro atoms. The summed E-state index contributed by atoms with van der Waals surface area (Å²) in [6.07, 6.45) is 7.38. The summed E-state index contributed by atoms with van der Waals surface area (Å²) in [5, 5.41) is 0. The van der Waals surface area contributed by atoms with Crippen LogP contribution in [0.2, 0.25) is 0 Å².